The molecule has 1 aromatic heterocycles. The average Bonchev–Trinajstić information content (AvgIpc) is 1.76. The van der Waals surface area contributed by atoms with Crippen LogP contribution >= 0.6 is 0 Å². The number of oxazole rings is 1. The highest BCUT2D eigenvalue weighted by molar-refractivity contribution is 4.56. The van der Waals surface area contributed by atoms with Gasteiger partial charge >= 0.3 is 5.71 Å². The van der Waals surface area contributed by atoms with Gasteiger partial charge in [0.15, 0.2) is 6.39 Å². The van der Waals surface area contributed by atoms with Crippen molar-refractivity contribution in [2.45, 2.75) is 0 Å². The normalized spacial score (nSPS) is 8.00. The van der Waals surface area contributed by atoms with Crippen LogP contribution in [0.5, 0.6) is 0 Å². The van der Waals surface area contributed by atoms with Gasteiger partial charge in [-0.2, -0.15) is 0 Å². The van der Waals surface area contributed by atoms with Gasteiger partial charge in [-0.15, -0.1) is 0 Å². The Bertz CT molecular complexity index is 72.3. The largest absolute Gasteiger partial charge is 1.00 e. The van der Waals surface area contributed by atoms with E-state index in [1.807, 2.05) is 0 Å². The minimum Gasteiger partial charge on any atom is -0.452 e. The van der Waals surface area contributed by atoms with Gasteiger partial charge in [0.2, 0.25) is 0 Å². The fourth-order valence-electron chi connectivity index (χ4n) is 0.176. The van der Waals surface area contributed by atoms with Crippen molar-refractivity contribution in [2.75, 3.05) is 0 Å². The molecule has 0 aliphatic rings. The minimum atomic E-state index is 0. The van der Waals surface area contributed by atoms with Crippen LogP contribution in [0.3, 0.4) is 0 Å². The first-order valence-corrected chi connectivity index (χ1v) is 1.32. The number of rotatable bonds is 0. The standard InChI is InChI=1S/C3H3NO/c1-2-5-3-4-1/h1-3H/p+4. The van der Waals surface area contributed by atoms with Crippen LogP contribution in [-0.4, -0.2) is 4.98 Å². The van der Waals surface area contributed by atoms with Gasteiger partial charge in [-0.3, -0.25) is 0 Å². The Hall–Kier alpha value is -0.790. The Morgan fingerprint density at radius 2 is 2.80 bits per heavy atom. The molecule has 0 aliphatic carbocycles. The molecule has 2 nitrogen and oxygen atoms in total. The van der Waals surface area contributed by atoms with Gasteiger partial charge in [-0.25, -0.2) is 4.98 Å². The Kier molecular flexibility index (Phi) is 0.433. The minimum absolute atomic E-state index is 0. The van der Waals surface area contributed by atoms with E-state index in [1.165, 1.54) is 12.7 Å². The average molecular weight is 73.1 g/mol. The second-order valence-corrected chi connectivity index (χ2v) is 0.676. The van der Waals surface area contributed by atoms with Gasteiger partial charge in [-0.05, 0) is 0 Å². The van der Waals surface area contributed by atoms with Crippen molar-refractivity contribution in [2.24, 2.45) is 0 Å². The quantitative estimate of drug-likeness (QED) is 0.460. The predicted octanol–water partition coefficient (Wildman–Crippen LogP) is 1.12. The molecule has 26 valence electrons. The molecule has 0 radical (unpaired) electrons. The summed E-state index contributed by atoms with van der Waals surface area (Å²) in [7, 11) is 0. The lowest BCUT2D eigenvalue weighted by molar-refractivity contribution is 0.558. The van der Waals surface area contributed by atoms with E-state index in [0.717, 1.165) is 0 Å². The molecule has 0 bridgehead atoms. The van der Waals surface area contributed by atoms with Crippen LogP contribution in [0, 0.1) is 0 Å². The molecule has 0 spiro atoms. The SMILES string of the molecule is [H+].[H+].[H+].[H+].c1cocn1. The molecule has 0 fully saturated rings. The maximum absolute atomic E-state index is 4.47. The molecule has 0 unspecified atom stereocenters. The zero-order valence-electron chi connectivity index (χ0n) is 6.59. The molecule has 0 atom stereocenters. The highest BCUT2D eigenvalue weighted by atomic mass is 16.3. The highest BCUT2D eigenvalue weighted by Gasteiger charge is 1.59. The van der Waals surface area contributed by atoms with E-state index >= 15 is 0 Å². The smallest absolute Gasteiger partial charge is 0.452 e. The zero-order chi connectivity index (χ0) is 3.54. The second-order valence-electron chi connectivity index (χ2n) is 0.676. The van der Waals surface area contributed by atoms with Crippen molar-refractivity contribution in [3.05, 3.63) is 18.9 Å². The summed E-state index contributed by atoms with van der Waals surface area (Å²) in [6.07, 6.45) is 4.47. The molecule has 5 heavy (non-hydrogen) atoms. The Morgan fingerprint density at radius 1 is 1.80 bits per heavy atom. The van der Waals surface area contributed by atoms with Crippen LogP contribution in [0.2, 0.25) is 0 Å². The third-order valence-electron chi connectivity index (χ3n) is 0.347. The lowest BCUT2D eigenvalue weighted by Gasteiger charge is -1.47. The lowest BCUT2D eigenvalue weighted by Crippen LogP contribution is -1.38. The molecule has 2 heteroatoms. The first-order chi connectivity index (χ1) is 2.50. The van der Waals surface area contributed by atoms with Crippen molar-refractivity contribution in [1.29, 1.82) is 0 Å². The number of hydrogen-bond donors (Lipinski definition) is 0. The monoisotopic (exact) mass is 73.1 g/mol. The predicted molar refractivity (Wildman–Crippen MR) is 21.0 cm³/mol. The zero-order valence-corrected chi connectivity index (χ0v) is 2.59. The summed E-state index contributed by atoms with van der Waals surface area (Å²) in [6, 6.07) is 0. The molecule has 0 aliphatic heterocycles. The van der Waals surface area contributed by atoms with E-state index in [1.54, 1.807) is 6.20 Å². The van der Waals surface area contributed by atoms with Gasteiger partial charge in [0.1, 0.15) is 6.26 Å². The fraction of sp³-hybridized carbons (Fsp3) is 0. The number of aromatic nitrogens is 1. The molecule has 0 saturated heterocycles. The van der Waals surface area contributed by atoms with E-state index in [-0.39, 0.29) is 5.71 Å². The molecule has 0 amide bonds. The summed E-state index contributed by atoms with van der Waals surface area (Å²) in [4.78, 5) is 3.56. The third kappa shape index (κ3) is 0.265. The van der Waals surface area contributed by atoms with Gasteiger partial charge < -0.3 is 4.42 Å². The topological polar surface area (TPSA) is 26.0 Å². The van der Waals surface area contributed by atoms with Crippen LogP contribution in [-0.2, 0) is 0 Å². The fourth-order valence-corrected chi connectivity index (χ4v) is 0.176. The van der Waals surface area contributed by atoms with Gasteiger partial charge in [0.25, 0.3) is 0 Å². The molecule has 0 N–H and O–H groups in total. The van der Waals surface area contributed by atoms with Gasteiger partial charge in [-0.1, -0.05) is 0 Å². The Labute approximate surface area is 35.4 Å². The summed E-state index contributed by atoms with van der Waals surface area (Å²) >= 11 is 0. The summed E-state index contributed by atoms with van der Waals surface area (Å²) in [5, 5.41) is 0. The Balaban J connectivity index is -0.0000000312. The van der Waals surface area contributed by atoms with Crippen molar-refractivity contribution >= 4 is 0 Å². The van der Waals surface area contributed by atoms with Crippen LogP contribution in [0.25, 0.3) is 0 Å². The molecule has 1 rings (SSSR count). The maximum Gasteiger partial charge on any atom is 1.00 e. The summed E-state index contributed by atoms with van der Waals surface area (Å²) in [5.74, 6) is 0. The van der Waals surface area contributed by atoms with E-state index in [4.69, 9.17) is 0 Å². The van der Waals surface area contributed by atoms with Crippen molar-refractivity contribution in [3.63, 3.8) is 0 Å². The first-order valence-electron chi connectivity index (χ1n) is 1.32. The van der Waals surface area contributed by atoms with Crippen LogP contribution in [0.15, 0.2) is 23.3 Å². The van der Waals surface area contributed by atoms with E-state index < -0.39 is 0 Å². The number of hydrogen-bond acceptors (Lipinski definition) is 2. The van der Waals surface area contributed by atoms with Gasteiger partial charge in [0, 0.05) is 0 Å². The van der Waals surface area contributed by atoms with E-state index in [0.29, 0.717) is 0 Å². The van der Waals surface area contributed by atoms with Crippen LogP contribution < -0.4 is 0 Å². The molecule has 0 saturated carbocycles. The van der Waals surface area contributed by atoms with Crippen molar-refractivity contribution < 1.29 is 10.1 Å². The second kappa shape index (κ2) is 0.885. The first kappa shape index (κ1) is 2.45. The highest BCUT2D eigenvalue weighted by Crippen LogP contribution is 1.72. The van der Waals surface area contributed by atoms with E-state index in [9.17, 15) is 0 Å². The number of nitrogens with zero attached hydrogens (tertiary/aromatic N) is 1. The summed E-state index contributed by atoms with van der Waals surface area (Å²) < 4.78 is 4.47. The van der Waals surface area contributed by atoms with Gasteiger partial charge in [0.05, 0.1) is 6.20 Å². The Morgan fingerprint density at radius 3 is 3.00 bits per heavy atom. The molecule has 1 aromatic rings. The third-order valence-corrected chi connectivity index (χ3v) is 0.347. The molecular formula is C3H7NO+4. The molecule has 0 aromatic carbocycles. The van der Waals surface area contributed by atoms with Crippen molar-refractivity contribution in [1.82, 2.24) is 4.98 Å². The molecule has 1 heterocycles. The van der Waals surface area contributed by atoms with Crippen molar-refractivity contribution in [3.8, 4) is 0 Å². The molecular weight excluding hydrogens is 66.0 g/mol. The van der Waals surface area contributed by atoms with Crippen LogP contribution in [0.4, 0.5) is 0 Å². The lowest BCUT2D eigenvalue weighted by atomic mass is 11.0. The maximum atomic E-state index is 4.47. The summed E-state index contributed by atoms with van der Waals surface area (Å²) in [6.45, 7) is 0. The van der Waals surface area contributed by atoms with E-state index in [2.05, 4.69) is 9.40 Å². The van der Waals surface area contributed by atoms with Crippen LogP contribution in [0.1, 0.15) is 5.71 Å². The summed E-state index contributed by atoms with van der Waals surface area (Å²) in [5.41, 5.74) is 0.